The maximum atomic E-state index is 15.2. The fourth-order valence-corrected chi connectivity index (χ4v) is 15.0. The zero-order valence-corrected chi connectivity index (χ0v) is 42.8. The van der Waals surface area contributed by atoms with Crippen molar-refractivity contribution in [2.24, 2.45) is 50.2 Å². The van der Waals surface area contributed by atoms with Crippen molar-refractivity contribution in [3.05, 3.63) is 11.6 Å². The van der Waals surface area contributed by atoms with Gasteiger partial charge in [-0.05, 0) is 80.0 Å². The third kappa shape index (κ3) is 8.93. The van der Waals surface area contributed by atoms with Crippen molar-refractivity contribution in [3.8, 4) is 0 Å². The highest BCUT2D eigenvalue weighted by molar-refractivity contribution is 5.93. The Morgan fingerprint density at radius 3 is 2.06 bits per heavy atom. The van der Waals surface area contributed by atoms with Gasteiger partial charge in [0.1, 0.15) is 78.7 Å². The molecule has 0 radical (unpaired) electrons. The molecule has 3 aliphatic heterocycles. The number of carbonyl (C=O) groups excluding carboxylic acids is 3. The predicted octanol–water partition coefficient (Wildman–Crippen LogP) is 1.35. The van der Waals surface area contributed by atoms with E-state index in [-0.39, 0.29) is 47.4 Å². The van der Waals surface area contributed by atoms with Gasteiger partial charge in [-0.3, -0.25) is 14.4 Å². The Hall–Kier alpha value is -2.05. The van der Waals surface area contributed by atoms with Gasteiger partial charge in [-0.2, -0.15) is 0 Å². The van der Waals surface area contributed by atoms with Crippen LogP contribution >= 0.6 is 0 Å². The molecule has 404 valence electrons. The van der Waals surface area contributed by atoms with Crippen LogP contribution in [0.25, 0.3) is 0 Å². The molecule has 19 heteroatoms. The molecule has 7 fully saturated rings. The summed E-state index contributed by atoms with van der Waals surface area (Å²) in [7, 11) is 0. The first-order valence-corrected chi connectivity index (χ1v) is 26.1. The molecule has 5 aliphatic carbocycles. The van der Waals surface area contributed by atoms with Crippen LogP contribution in [0.2, 0.25) is 0 Å². The average molecular weight is 1010 g/mol. The molecular weight excluding hydrogens is 929 g/mol. The molecular formula is C52H82O19. The minimum Gasteiger partial charge on any atom is -0.432 e. The van der Waals surface area contributed by atoms with Crippen molar-refractivity contribution in [2.45, 2.75) is 225 Å². The quantitative estimate of drug-likeness (QED) is 0.0757. The monoisotopic (exact) mass is 1010 g/mol. The third-order valence-electron chi connectivity index (χ3n) is 19.7. The van der Waals surface area contributed by atoms with Crippen LogP contribution in [0.3, 0.4) is 0 Å². The van der Waals surface area contributed by atoms with Gasteiger partial charge >= 0.3 is 5.97 Å². The highest BCUT2D eigenvalue weighted by Gasteiger charge is 2.72. The molecule has 0 bridgehead atoms. The van der Waals surface area contributed by atoms with Gasteiger partial charge in [0.05, 0.1) is 30.8 Å². The number of ketones is 2. The van der Waals surface area contributed by atoms with E-state index in [1.807, 2.05) is 13.8 Å². The second-order valence-electron chi connectivity index (χ2n) is 24.4. The molecule has 0 aromatic rings. The Kier molecular flexibility index (Phi) is 15.4. The number of rotatable bonds is 12. The largest absolute Gasteiger partial charge is 0.432 e. The SMILES string of the molecule is CCCCO[C@@H]1C=C2[C@H]3CC(C)(C)C(=O)C[C@]3(C(=O)O[C@@H]3O[C@H](CO[C@@H]4O[C@H](CO)[C@@H](OC5OC(C)C(O)C(O)C5O)[C@H](O)[C@H]4O)[C@@H](O)[C@H](O)[C@H]3O)CC[C@@]2(C)[C@]2(C)CC[C@H]3C(C)(C)C(=O)CC[C@]3(C)[C@@H]12. The van der Waals surface area contributed by atoms with Crippen LogP contribution in [-0.2, 0) is 47.5 Å². The first-order valence-electron chi connectivity index (χ1n) is 26.1. The van der Waals surface area contributed by atoms with Crippen molar-refractivity contribution >= 4 is 17.5 Å². The van der Waals surface area contributed by atoms with E-state index in [1.54, 1.807) is 0 Å². The summed E-state index contributed by atoms with van der Waals surface area (Å²) in [5, 5.41) is 96.9. The fourth-order valence-electron chi connectivity index (χ4n) is 15.0. The van der Waals surface area contributed by atoms with Crippen LogP contribution in [0.15, 0.2) is 11.6 Å². The number of fused-ring (bicyclic) bond motifs is 7. The van der Waals surface area contributed by atoms with E-state index in [0.717, 1.165) is 37.7 Å². The van der Waals surface area contributed by atoms with Crippen molar-refractivity contribution in [1.82, 2.24) is 0 Å². The van der Waals surface area contributed by atoms with Gasteiger partial charge in [0.2, 0.25) is 6.29 Å². The number of hydrogen-bond acceptors (Lipinski definition) is 19. The molecule has 5 unspecified atom stereocenters. The van der Waals surface area contributed by atoms with Crippen LogP contribution in [0.5, 0.6) is 0 Å². The van der Waals surface area contributed by atoms with E-state index in [0.29, 0.717) is 31.7 Å². The Balaban J connectivity index is 1.03. The number of Topliss-reactive ketones (excluding diaryl/α,β-unsaturated/α-hetero) is 2. The van der Waals surface area contributed by atoms with Crippen molar-refractivity contribution in [1.29, 1.82) is 0 Å². The summed E-state index contributed by atoms with van der Waals surface area (Å²) in [6.45, 7) is 17.7. The number of ether oxygens (including phenoxy) is 7. The number of allylic oxidation sites excluding steroid dienone is 1. The first-order chi connectivity index (χ1) is 33.1. The van der Waals surface area contributed by atoms with Gasteiger partial charge in [0, 0.05) is 36.2 Å². The van der Waals surface area contributed by atoms with Gasteiger partial charge in [-0.1, -0.05) is 73.5 Å². The molecule has 23 atom stereocenters. The molecule has 71 heavy (non-hydrogen) atoms. The van der Waals surface area contributed by atoms with E-state index in [1.165, 1.54) is 6.92 Å². The zero-order chi connectivity index (χ0) is 52.1. The van der Waals surface area contributed by atoms with Crippen LogP contribution < -0.4 is 0 Å². The summed E-state index contributed by atoms with van der Waals surface area (Å²) < 4.78 is 41.7. The number of carbonyl (C=O) groups is 3. The molecule has 8 rings (SSSR count). The number of aliphatic hydroxyl groups excluding tert-OH is 9. The van der Waals surface area contributed by atoms with Crippen LogP contribution in [0, 0.1) is 50.2 Å². The molecule has 3 heterocycles. The first kappa shape index (κ1) is 55.2. The van der Waals surface area contributed by atoms with Crippen molar-refractivity contribution in [2.75, 3.05) is 19.8 Å². The number of aliphatic hydroxyl groups is 9. The Morgan fingerprint density at radius 2 is 1.38 bits per heavy atom. The Bertz CT molecular complexity index is 2010. The van der Waals surface area contributed by atoms with E-state index >= 15 is 4.79 Å². The smallest absolute Gasteiger partial charge is 0.315 e. The van der Waals surface area contributed by atoms with Crippen molar-refractivity contribution in [3.63, 3.8) is 0 Å². The van der Waals surface area contributed by atoms with Gasteiger partial charge < -0.3 is 79.1 Å². The molecule has 0 amide bonds. The minimum absolute atomic E-state index is 0.0647. The fraction of sp³-hybridized carbons (Fsp3) is 0.904. The van der Waals surface area contributed by atoms with Crippen molar-refractivity contribution < 1.29 is 93.5 Å². The molecule has 8 aliphatic rings. The highest BCUT2D eigenvalue weighted by atomic mass is 16.8. The van der Waals surface area contributed by atoms with Crippen LogP contribution in [0.1, 0.15) is 127 Å². The third-order valence-corrected chi connectivity index (χ3v) is 19.7. The topological polar surface area (TPSA) is 298 Å². The predicted molar refractivity (Wildman–Crippen MR) is 248 cm³/mol. The lowest BCUT2D eigenvalue weighted by atomic mass is 9.33. The molecule has 19 nitrogen and oxygen atoms in total. The van der Waals surface area contributed by atoms with Gasteiger partial charge in [-0.25, -0.2) is 0 Å². The maximum Gasteiger partial charge on any atom is 0.315 e. The zero-order valence-electron chi connectivity index (χ0n) is 42.8. The van der Waals surface area contributed by atoms with Gasteiger partial charge in [0.25, 0.3) is 0 Å². The van der Waals surface area contributed by atoms with E-state index in [9.17, 15) is 55.5 Å². The highest BCUT2D eigenvalue weighted by Crippen LogP contribution is 2.76. The molecule has 0 aromatic heterocycles. The summed E-state index contributed by atoms with van der Waals surface area (Å²) in [4.78, 5) is 42.9. The van der Waals surface area contributed by atoms with Gasteiger partial charge in [0.15, 0.2) is 12.6 Å². The van der Waals surface area contributed by atoms with Gasteiger partial charge in [-0.15, -0.1) is 0 Å². The standard InChI is InChI=1S/C52H82O19/c1-10-11-18-65-27-19-25-26-20-47(3,4)32(55)21-52(26,17-16-50(25,8)51(9)15-12-30-48(5,6)31(54)13-14-49(30,7)42(27)51)46(64)71-45-39(62)36(59)34(57)29(69-45)23-66-43-40(63)37(60)41(28(22-53)68-43)70-44-38(61)35(58)33(56)24(2)67-44/h19,24,26-30,33-45,53,56-63H,10-18,20-23H2,1-9H3/t24?,26-,27-,28-,29-,30+,33?,34-,35?,36+,37-,38?,39-,40-,41-,42-,43-,44?,45+,49+,50-,51-,52-/m1/s1. The maximum absolute atomic E-state index is 15.2. The van der Waals surface area contributed by atoms with E-state index in [2.05, 4.69) is 47.6 Å². The molecule has 9 N–H and O–H groups in total. The number of hydrogen-bond donors (Lipinski definition) is 9. The summed E-state index contributed by atoms with van der Waals surface area (Å²) in [5.41, 5.74) is -2.61. The molecule has 4 saturated carbocycles. The summed E-state index contributed by atoms with van der Waals surface area (Å²) in [6, 6.07) is 0. The number of unbranched alkanes of at least 4 members (excludes halogenated alkanes) is 1. The van der Waals surface area contributed by atoms with E-state index in [4.69, 9.17) is 33.2 Å². The minimum atomic E-state index is -1.94. The second-order valence-corrected chi connectivity index (χ2v) is 24.4. The lowest BCUT2D eigenvalue weighted by Gasteiger charge is -2.71. The molecule has 0 spiro atoms. The number of esters is 1. The van der Waals surface area contributed by atoms with Crippen LogP contribution in [-0.4, -0.2) is 182 Å². The normalized spacial score (nSPS) is 50.5. The average Bonchev–Trinajstić information content (AvgIpc) is 3.31. The Labute approximate surface area is 416 Å². The summed E-state index contributed by atoms with van der Waals surface area (Å²) >= 11 is 0. The van der Waals surface area contributed by atoms with E-state index < -0.39 is 139 Å². The molecule has 0 aromatic carbocycles. The summed E-state index contributed by atoms with van der Waals surface area (Å²) in [5.74, 6) is -0.875. The molecule has 3 saturated heterocycles. The lowest BCUT2D eigenvalue weighted by Crippen LogP contribution is -2.68. The second kappa shape index (κ2) is 19.8. The van der Waals surface area contributed by atoms with Crippen LogP contribution in [0.4, 0.5) is 0 Å². The Morgan fingerprint density at radius 1 is 0.732 bits per heavy atom. The lowest BCUT2D eigenvalue weighted by molar-refractivity contribution is -0.361. The summed E-state index contributed by atoms with van der Waals surface area (Å²) in [6.07, 6.45) is -17.2.